The molecule has 0 spiro atoms. The average Bonchev–Trinajstić information content (AvgIpc) is 3.37. The second-order valence-electron chi connectivity index (χ2n) is 12.5. The number of piperidine rings is 1. The van der Waals surface area contributed by atoms with Crippen molar-refractivity contribution in [3.05, 3.63) is 65.5 Å². The van der Waals surface area contributed by atoms with Crippen LogP contribution in [0.15, 0.2) is 48.5 Å². The minimum atomic E-state index is -0.681. The lowest BCUT2D eigenvalue weighted by molar-refractivity contribution is -0.145. The summed E-state index contributed by atoms with van der Waals surface area (Å²) in [7, 11) is 1.74. The first-order valence-electron chi connectivity index (χ1n) is 15.6. The zero-order valence-corrected chi connectivity index (χ0v) is 24.1. The second kappa shape index (κ2) is 14.0. The Balaban J connectivity index is 1.18. The molecule has 3 atom stereocenters. The number of carbonyl (C=O) groups is 1. The van der Waals surface area contributed by atoms with Gasteiger partial charge < -0.3 is 14.7 Å². The van der Waals surface area contributed by atoms with Crippen LogP contribution in [-0.2, 0) is 11.2 Å². The van der Waals surface area contributed by atoms with Crippen LogP contribution in [0.2, 0.25) is 0 Å². The molecule has 3 aliphatic rings. The lowest BCUT2D eigenvalue weighted by Gasteiger charge is -2.35. The molecule has 1 N–H and O–H groups in total. The molecule has 2 aromatic rings. The number of methoxy groups -OCH3 is 1. The summed E-state index contributed by atoms with van der Waals surface area (Å²) in [6.45, 7) is 4.64. The number of aryl methyl sites for hydroxylation is 1. The average molecular weight is 551 g/mol. The van der Waals surface area contributed by atoms with Gasteiger partial charge in [-0.15, -0.1) is 0 Å². The maximum absolute atomic E-state index is 14.3. The van der Waals surface area contributed by atoms with E-state index < -0.39 is 12.0 Å². The fraction of sp³-hybridized carbons (Fsp3) is 0.618. The van der Waals surface area contributed by atoms with Crippen LogP contribution in [0.4, 0.5) is 4.39 Å². The number of hydrogen-bond acceptors (Lipinski definition) is 4. The van der Waals surface area contributed by atoms with E-state index in [1.165, 1.54) is 43.7 Å². The molecule has 0 bridgehead atoms. The van der Waals surface area contributed by atoms with Gasteiger partial charge in [0.2, 0.25) is 0 Å². The Kier molecular flexibility index (Phi) is 10.1. The second-order valence-corrected chi connectivity index (χ2v) is 12.5. The van der Waals surface area contributed by atoms with E-state index in [1.54, 1.807) is 19.2 Å². The largest absolute Gasteiger partial charge is 0.496 e. The van der Waals surface area contributed by atoms with Crippen molar-refractivity contribution in [1.82, 2.24) is 9.80 Å². The molecule has 1 aliphatic carbocycles. The molecule has 5 rings (SSSR count). The number of carboxylic acids is 1. The van der Waals surface area contributed by atoms with Crippen LogP contribution in [-0.4, -0.2) is 66.8 Å². The van der Waals surface area contributed by atoms with E-state index >= 15 is 0 Å². The number of para-hydroxylation sites is 1. The van der Waals surface area contributed by atoms with Gasteiger partial charge in [-0.2, -0.15) is 0 Å². The molecule has 3 fully saturated rings. The Morgan fingerprint density at radius 2 is 1.80 bits per heavy atom. The zero-order chi connectivity index (χ0) is 27.9. The highest BCUT2D eigenvalue weighted by atomic mass is 19.1. The summed E-state index contributed by atoms with van der Waals surface area (Å²) in [5.74, 6) is 1.57. The predicted octanol–water partition coefficient (Wildman–Crippen LogP) is 6.62. The third-order valence-corrected chi connectivity index (χ3v) is 9.94. The van der Waals surface area contributed by atoms with Gasteiger partial charge in [-0.3, -0.25) is 9.69 Å². The highest BCUT2D eigenvalue weighted by Crippen LogP contribution is 2.39. The highest BCUT2D eigenvalue weighted by Gasteiger charge is 2.43. The molecule has 2 saturated heterocycles. The zero-order valence-electron chi connectivity index (χ0n) is 24.1. The summed E-state index contributed by atoms with van der Waals surface area (Å²) in [6.07, 6.45) is 11.4. The van der Waals surface area contributed by atoms with Crippen LogP contribution in [0.1, 0.15) is 74.8 Å². The highest BCUT2D eigenvalue weighted by molar-refractivity contribution is 5.74. The SMILES string of the molecule is COc1ccccc1CCCC1CCN(C[C@H]2CN([C@@H](C(=O)O)C3CCCCC3)C[C@@H]2c2cccc(F)c2)CC1. The summed E-state index contributed by atoms with van der Waals surface area (Å²) < 4.78 is 19.8. The maximum atomic E-state index is 14.3. The number of aliphatic carboxylic acids is 1. The van der Waals surface area contributed by atoms with Gasteiger partial charge in [0.15, 0.2) is 0 Å². The number of benzene rings is 2. The molecule has 40 heavy (non-hydrogen) atoms. The summed E-state index contributed by atoms with van der Waals surface area (Å²) in [5.41, 5.74) is 2.32. The van der Waals surface area contributed by atoms with Crippen LogP contribution in [0.3, 0.4) is 0 Å². The van der Waals surface area contributed by atoms with E-state index in [1.807, 2.05) is 18.2 Å². The maximum Gasteiger partial charge on any atom is 0.321 e. The summed E-state index contributed by atoms with van der Waals surface area (Å²) in [4.78, 5) is 17.3. The molecule has 0 aromatic heterocycles. The first-order chi connectivity index (χ1) is 19.5. The first-order valence-corrected chi connectivity index (χ1v) is 15.6. The van der Waals surface area contributed by atoms with Crippen molar-refractivity contribution in [2.45, 2.75) is 76.2 Å². The fourth-order valence-corrected chi connectivity index (χ4v) is 7.82. The Labute approximate surface area is 239 Å². The number of halogens is 1. The number of hydrogen-bond donors (Lipinski definition) is 1. The Bertz CT molecular complexity index is 1100. The van der Waals surface area contributed by atoms with Crippen molar-refractivity contribution in [3.8, 4) is 5.75 Å². The molecule has 0 amide bonds. The predicted molar refractivity (Wildman–Crippen MR) is 157 cm³/mol. The van der Waals surface area contributed by atoms with Crippen molar-refractivity contribution in [3.63, 3.8) is 0 Å². The third-order valence-electron chi connectivity index (χ3n) is 9.94. The van der Waals surface area contributed by atoms with Crippen LogP contribution < -0.4 is 4.74 Å². The van der Waals surface area contributed by atoms with E-state index in [2.05, 4.69) is 21.9 Å². The minimum Gasteiger partial charge on any atom is -0.496 e. The van der Waals surface area contributed by atoms with Gasteiger partial charge in [0.1, 0.15) is 17.6 Å². The molecule has 218 valence electrons. The number of ether oxygens (including phenoxy) is 1. The summed E-state index contributed by atoms with van der Waals surface area (Å²) >= 11 is 0. The van der Waals surface area contributed by atoms with E-state index in [-0.39, 0.29) is 17.7 Å². The van der Waals surface area contributed by atoms with Crippen molar-refractivity contribution in [2.75, 3.05) is 39.8 Å². The Morgan fingerprint density at radius 1 is 1.02 bits per heavy atom. The van der Waals surface area contributed by atoms with Gasteiger partial charge in [-0.1, -0.05) is 56.0 Å². The van der Waals surface area contributed by atoms with Crippen LogP contribution in [0, 0.1) is 23.6 Å². The number of likely N-dealkylation sites (tertiary alicyclic amines) is 2. The molecule has 2 aliphatic heterocycles. The lowest BCUT2D eigenvalue weighted by Crippen LogP contribution is -2.46. The molecule has 0 radical (unpaired) electrons. The third kappa shape index (κ3) is 7.25. The van der Waals surface area contributed by atoms with Gasteiger partial charge in [0, 0.05) is 25.6 Å². The van der Waals surface area contributed by atoms with Crippen molar-refractivity contribution in [2.24, 2.45) is 17.8 Å². The normalized spacial score (nSPS) is 24.2. The van der Waals surface area contributed by atoms with Crippen LogP contribution in [0.5, 0.6) is 5.75 Å². The molecular weight excluding hydrogens is 503 g/mol. The Hall–Kier alpha value is -2.44. The number of nitrogens with zero attached hydrogens (tertiary/aromatic N) is 2. The van der Waals surface area contributed by atoms with Gasteiger partial charge in [0.05, 0.1) is 7.11 Å². The van der Waals surface area contributed by atoms with E-state index in [9.17, 15) is 14.3 Å². The van der Waals surface area contributed by atoms with Crippen molar-refractivity contribution >= 4 is 5.97 Å². The first kappa shape index (κ1) is 29.1. The Morgan fingerprint density at radius 3 is 2.52 bits per heavy atom. The topological polar surface area (TPSA) is 53.0 Å². The standard InChI is InChI=1S/C34H47FN2O3/c1-40-32-16-6-5-10-26(32)13-7-9-25-17-19-36(20-18-25)22-29-23-37(24-31(29)28-14-8-15-30(35)21-28)33(34(38)39)27-11-3-2-4-12-27/h5-6,8,10,14-16,21,25,27,29,31,33H,2-4,7,9,11-13,17-20,22-24H2,1H3,(H,38,39)/t29-,31+,33+/m0/s1. The fourth-order valence-electron chi connectivity index (χ4n) is 7.82. The molecular formula is C34H47FN2O3. The molecule has 6 heteroatoms. The summed E-state index contributed by atoms with van der Waals surface area (Å²) in [5, 5.41) is 10.3. The molecule has 2 heterocycles. The van der Waals surface area contributed by atoms with Gasteiger partial charge in [-0.25, -0.2) is 4.39 Å². The molecule has 5 nitrogen and oxygen atoms in total. The number of carboxylic acid groups (broad SMARTS) is 1. The summed E-state index contributed by atoms with van der Waals surface area (Å²) in [6, 6.07) is 14.9. The van der Waals surface area contributed by atoms with Gasteiger partial charge >= 0.3 is 5.97 Å². The quantitative estimate of drug-likeness (QED) is 0.341. The van der Waals surface area contributed by atoms with E-state index in [4.69, 9.17) is 4.74 Å². The van der Waals surface area contributed by atoms with Gasteiger partial charge in [-0.05, 0) is 98.7 Å². The van der Waals surface area contributed by atoms with Crippen molar-refractivity contribution < 1.29 is 19.0 Å². The van der Waals surface area contributed by atoms with Crippen LogP contribution >= 0.6 is 0 Å². The molecule has 2 aromatic carbocycles. The van der Waals surface area contributed by atoms with E-state index in [0.717, 1.165) is 75.5 Å². The molecule has 0 unspecified atom stereocenters. The van der Waals surface area contributed by atoms with Crippen molar-refractivity contribution in [1.29, 1.82) is 0 Å². The minimum absolute atomic E-state index is 0.166. The van der Waals surface area contributed by atoms with E-state index in [0.29, 0.717) is 12.5 Å². The smallest absolute Gasteiger partial charge is 0.321 e. The number of rotatable bonds is 11. The monoisotopic (exact) mass is 550 g/mol. The molecule has 1 saturated carbocycles. The van der Waals surface area contributed by atoms with Crippen LogP contribution in [0.25, 0.3) is 0 Å². The lowest BCUT2D eigenvalue weighted by atomic mass is 9.83. The van der Waals surface area contributed by atoms with Gasteiger partial charge in [0.25, 0.3) is 0 Å².